The van der Waals surface area contributed by atoms with Crippen LogP contribution in [0, 0.1) is 0 Å². The number of nitrogens with one attached hydrogen (secondary N) is 3. The number of rotatable bonds is 6. The Morgan fingerprint density at radius 3 is 2.54 bits per heavy atom. The molecule has 3 N–H and O–H groups in total. The largest absolute Gasteiger partial charge is 0.496 e. The predicted octanol–water partition coefficient (Wildman–Crippen LogP) is 4.11. The summed E-state index contributed by atoms with van der Waals surface area (Å²) in [7, 11) is 1.55. The number of carbonyl (C=O) groups excluding carboxylic acids is 2. The second-order valence-corrected chi connectivity index (χ2v) is 7.35. The summed E-state index contributed by atoms with van der Waals surface area (Å²) in [5.74, 6) is 0.0477. The first-order chi connectivity index (χ1) is 13.3. The molecule has 0 fully saturated rings. The Morgan fingerprint density at radius 2 is 1.89 bits per heavy atom. The minimum Gasteiger partial charge on any atom is -0.496 e. The average Bonchev–Trinajstić information content (AvgIpc) is 2.67. The molecule has 1 unspecified atom stereocenters. The maximum atomic E-state index is 12.5. The fourth-order valence-electron chi connectivity index (χ4n) is 2.33. The number of benzene rings is 2. The van der Waals surface area contributed by atoms with Crippen LogP contribution in [0.2, 0.25) is 0 Å². The summed E-state index contributed by atoms with van der Waals surface area (Å²) in [6, 6.07) is 12.0. The lowest BCUT2D eigenvalue weighted by Crippen LogP contribution is -2.36. The zero-order valence-corrected chi connectivity index (χ0v) is 18.2. The number of thiocarbonyl (C=S) groups is 1. The normalized spacial score (nSPS) is 11.3. The lowest BCUT2D eigenvalue weighted by Gasteiger charge is -2.16. The van der Waals surface area contributed by atoms with E-state index < -0.39 is 0 Å². The summed E-state index contributed by atoms with van der Waals surface area (Å²) in [6.45, 7) is 3.93. The van der Waals surface area contributed by atoms with Crippen molar-refractivity contribution in [3.05, 3.63) is 58.1 Å². The van der Waals surface area contributed by atoms with Crippen molar-refractivity contribution in [1.82, 2.24) is 10.6 Å². The molecule has 0 aromatic heterocycles. The van der Waals surface area contributed by atoms with E-state index in [0.29, 0.717) is 27.0 Å². The number of anilines is 1. The van der Waals surface area contributed by atoms with Crippen LogP contribution < -0.4 is 20.7 Å². The molecule has 0 saturated carbocycles. The van der Waals surface area contributed by atoms with Crippen molar-refractivity contribution in [3.8, 4) is 5.75 Å². The van der Waals surface area contributed by atoms with Crippen molar-refractivity contribution < 1.29 is 14.3 Å². The number of ether oxygens (including phenoxy) is 1. The molecule has 1 atom stereocenters. The molecule has 28 heavy (non-hydrogen) atoms. The quantitative estimate of drug-likeness (QED) is 0.561. The molecule has 2 aromatic rings. The van der Waals surface area contributed by atoms with Crippen LogP contribution in [0.1, 0.15) is 41.0 Å². The molecule has 2 aromatic carbocycles. The molecule has 0 spiro atoms. The number of halogens is 1. The number of para-hydroxylation sites is 1. The molecule has 148 valence electrons. The molecular formula is C20H22BrN3O3S. The molecule has 0 bridgehead atoms. The third-order valence-electron chi connectivity index (χ3n) is 4.05. The molecule has 6 nitrogen and oxygen atoms in total. The summed E-state index contributed by atoms with van der Waals surface area (Å²) in [4.78, 5) is 24.9. The van der Waals surface area contributed by atoms with E-state index in [1.54, 1.807) is 49.6 Å². The zero-order chi connectivity index (χ0) is 20.7. The maximum absolute atomic E-state index is 12.5. The highest BCUT2D eigenvalue weighted by Gasteiger charge is 2.15. The summed E-state index contributed by atoms with van der Waals surface area (Å²) in [6.07, 6.45) is 0.827. The highest BCUT2D eigenvalue weighted by molar-refractivity contribution is 9.10. The molecule has 0 aliphatic rings. The van der Waals surface area contributed by atoms with Crippen LogP contribution in [0.25, 0.3) is 0 Å². The van der Waals surface area contributed by atoms with E-state index in [0.717, 1.165) is 6.42 Å². The highest BCUT2D eigenvalue weighted by atomic mass is 79.9. The van der Waals surface area contributed by atoms with Gasteiger partial charge in [0.2, 0.25) is 0 Å². The van der Waals surface area contributed by atoms with Gasteiger partial charge in [0.1, 0.15) is 5.75 Å². The van der Waals surface area contributed by atoms with E-state index >= 15 is 0 Å². The standard InChI is InChI=1S/C20H22BrN3O3S/c1-4-12(2)22-19(26)14-7-5-6-8-16(14)23-20(28)24-18(25)13-9-10-17(27-3)15(21)11-13/h5-12H,4H2,1-3H3,(H,22,26)(H2,23,24,25,28). The molecule has 0 heterocycles. The van der Waals surface area contributed by atoms with Gasteiger partial charge in [-0.2, -0.15) is 0 Å². The molecular weight excluding hydrogens is 442 g/mol. The molecule has 0 aliphatic heterocycles. The van der Waals surface area contributed by atoms with E-state index in [2.05, 4.69) is 31.9 Å². The number of carbonyl (C=O) groups is 2. The van der Waals surface area contributed by atoms with Crippen molar-refractivity contribution in [2.75, 3.05) is 12.4 Å². The van der Waals surface area contributed by atoms with Crippen molar-refractivity contribution in [2.45, 2.75) is 26.3 Å². The Bertz CT molecular complexity index is 889. The van der Waals surface area contributed by atoms with Crippen LogP contribution >= 0.6 is 28.1 Å². The SMILES string of the molecule is CCC(C)NC(=O)c1ccccc1NC(=S)NC(=O)c1ccc(OC)c(Br)c1. The number of methoxy groups -OCH3 is 1. The summed E-state index contributed by atoms with van der Waals surface area (Å²) >= 11 is 8.59. The highest BCUT2D eigenvalue weighted by Crippen LogP contribution is 2.25. The zero-order valence-electron chi connectivity index (χ0n) is 15.8. The minimum atomic E-state index is -0.373. The lowest BCUT2D eigenvalue weighted by atomic mass is 10.1. The fraction of sp³-hybridized carbons (Fsp3) is 0.250. The molecule has 2 rings (SSSR count). The van der Waals surface area contributed by atoms with E-state index in [4.69, 9.17) is 17.0 Å². The van der Waals surface area contributed by atoms with Crippen LogP contribution in [-0.2, 0) is 0 Å². The third-order valence-corrected chi connectivity index (χ3v) is 4.87. The Balaban J connectivity index is 2.08. The smallest absolute Gasteiger partial charge is 0.257 e. The summed E-state index contributed by atoms with van der Waals surface area (Å²) < 4.78 is 5.82. The van der Waals surface area contributed by atoms with Gasteiger partial charge in [-0.1, -0.05) is 19.1 Å². The third kappa shape index (κ3) is 5.77. The van der Waals surface area contributed by atoms with Crippen LogP contribution in [0.4, 0.5) is 5.69 Å². The van der Waals surface area contributed by atoms with E-state index in [1.807, 2.05) is 13.8 Å². The second-order valence-electron chi connectivity index (χ2n) is 6.09. The van der Waals surface area contributed by atoms with Gasteiger partial charge in [-0.3, -0.25) is 14.9 Å². The van der Waals surface area contributed by atoms with Gasteiger partial charge in [0.05, 0.1) is 22.8 Å². The first kappa shape index (κ1) is 21.8. The molecule has 2 amide bonds. The van der Waals surface area contributed by atoms with Crippen LogP contribution in [0.15, 0.2) is 46.9 Å². The van der Waals surface area contributed by atoms with E-state index in [9.17, 15) is 9.59 Å². The predicted molar refractivity (Wildman–Crippen MR) is 118 cm³/mol. The van der Waals surface area contributed by atoms with Crippen LogP contribution in [0.5, 0.6) is 5.75 Å². The number of hydrogen-bond donors (Lipinski definition) is 3. The van der Waals surface area contributed by atoms with Crippen LogP contribution in [-0.4, -0.2) is 30.1 Å². The second kappa shape index (κ2) is 10.2. The van der Waals surface area contributed by atoms with E-state index in [1.165, 1.54) is 0 Å². The van der Waals surface area contributed by atoms with Gasteiger partial charge in [0.15, 0.2) is 5.11 Å². The van der Waals surface area contributed by atoms with Crippen molar-refractivity contribution in [3.63, 3.8) is 0 Å². The van der Waals surface area contributed by atoms with Gasteiger partial charge in [0.25, 0.3) is 11.8 Å². The maximum Gasteiger partial charge on any atom is 0.257 e. The molecule has 0 aliphatic carbocycles. The molecule has 0 saturated heterocycles. The lowest BCUT2D eigenvalue weighted by molar-refractivity contribution is 0.0938. The Kier molecular flexibility index (Phi) is 7.95. The van der Waals surface area contributed by atoms with Crippen molar-refractivity contribution >= 4 is 50.8 Å². The molecule has 8 heteroatoms. The van der Waals surface area contributed by atoms with Gasteiger partial charge in [-0.25, -0.2) is 0 Å². The Hall–Kier alpha value is -2.45. The first-order valence-electron chi connectivity index (χ1n) is 8.71. The minimum absolute atomic E-state index is 0.0562. The van der Waals surface area contributed by atoms with Gasteiger partial charge in [-0.05, 0) is 71.8 Å². The summed E-state index contributed by atoms with van der Waals surface area (Å²) in [5, 5.41) is 8.55. The van der Waals surface area contributed by atoms with E-state index in [-0.39, 0.29) is 23.0 Å². The fourth-order valence-corrected chi connectivity index (χ4v) is 3.07. The van der Waals surface area contributed by atoms with Gasteiger partial charge in [0, 0.05) is 11.6 Å². The molecule has 0 radical (unpaired) electrons. The van der Waals surface area contributed by atoms with Crippen LogP contribution in [0.3, 0.4) is 0 Å². The summed E-state index contributed by atoms with van der Waals surface area (Å²) in [5.41, 5.74) is 1.38. The monoisotopic (exact) mass is 463 g/mol. The first-order valence-corrected chi connectivity index (χ1v) is 9.91. The van der Waals surface area contributed by atoms with Gasteiger partial charge < -0.3 is 15.4 Å². The van der Waals surface area contributed by atoms with Gasteiger partial charge in [-0.15, -0.1) is 0 Å². The van der Waals surface area contributed by atoms with Crippen molar-refractivity contribution in [2.24, 2.45) is 0 Å². The Morgan fingerprint density at radius 1 is 1.18 bits per heavy atom. The van der Waals surface area contributed by atoms with Crippen molar-refractivity contribution in [1.29, 1.82) is 0 Å². The Labute approximate surface area is 178 Å². The average molecular weight is 464 g/mol. The van der Waals surface area contributed by atoms with Gasteiger partial charge >= 0.3 is 0 Å². The number of amides is 2. The number of hydrogen-bond acceptors (Lipinski definition) is 4. The topological polar surface area (TPSA) is 79.5 Å².